The van der Waals surface area contributed by atoms with Gasteiger partial charge >= 0.3 is 18.2 Å². The van der Waals surface area contributed by atoms with Crippen molar-refractivity contribution in [3.63, 3.8) is 0 Å². The number of amides is 4. The summed E-state index contributed by atoms with van der Waals surface area (Å²) >= 11 is 0. The number of carbonyl (C=O) groups is 5. The van der Waals surface area contributed by atoms with Crippen LogP contribution in [0.1, 0.15) is 80.4 Å². The summed E-state index contributed by atoms with van der Waals surface area (Å²) in [5, 5.41) is 18.1. The van der Waals surface area contributed by atoms with E-state index in [2.05, 4.69) is 29.1 Å². The Morgan fingerprint density at radius 2 is 1.52 bits per heavy atom. The fourth-order valence-corrected chi connectivity index (χ4v) is 7.76. The Morgan fingerprint density at radius 3 is 2.20 bits per heavy atom. The van der Waals surface area contributed by atoms with Gasteiger partial charge in [-0.1, -0.05) is 91.0 Å². The van der Waals surface area contributed by atoms with Crippen molar-refractivity contribution in [2.45, 2.75) is 88.4 Å². The first kappa shape index (κ1) is 45.1. The highest BCUT2D eigenvalue weighted by Gasteiger charge is 2.33. The monoisotopic (exact) mass is 822 g/mol. The van der Waals surface area contributed by atoms with Gasteiger partial charge in [-0.05, 0) is 79.2 Å². The first-order valence-corrected chi connectivity index (χ1v) is 20.9. The Morgan fingerprint density at radius 1 is 0.817 bits per heavy atom. The van der Waals surface area contributed by atoms with E-state index in [9.17, 15) is 29.1 Å². The first-order chi connectivity index (χ1) is 29.2. The lowest BCUT2D eigenvalue weighted by atomic mass is 9.98. The van der Waals surface area contributed by atoms with Crippen molar-refractivity contribution in [3.05, 3.63) is 121 Å². The Kier molecular flexibility index (Phi) is 17.7. The summed E-state index contributed by atoms with van der Waals surface area (Å²) in [4.78, 5) is 67.7. The predicted molar refractivity (Wildman–Crippen MR) is 228 cm³/mol. The van der Waals surface area contributed by atoms with Gasteiger partial charge in [-0.3, -0.25) is 9.59 Å². The minimum atomic E-state index is -1.05. The van der Waals surface area contributed by atoms with Gasteiger partial charge in [0.25, 0.3) is 0 Å². The van der Waals surface area contributed by atoms with Gasteiger partial charge in [0.15, 0.2) is 0 Å². The second-order valence-electron chi connectivity index (χ2n) is 15.2. The molecule has 1 heterocycles. The Hall–Kier alpha value is -5.95. The lowest BCUT2D eigenvalue weighted by molar-refractivity contribution is -0.147. The van der Waals surface area contributed by atoms with Gasteiger partial charge < -0.3 is 40.2 Å². The van der Waals surface area contributed by atoms with Gasteiger partial charge in [0, 0.05) is 25.4 Å². The third-order valence-corrected chi connectivity index (χ3v) is 11.0. The number of esters is 1. The standard InChI is InChI=1S/C47H58N4O9/c1-3-5-25-42(50-47(57)60-32-41-39-23-11-9-21-37(39)38-22-10-12-24-40(38)41)45(55)58-31-35(19-13-14-26-48-46(56)59-30-33-17-7-6-8-18-33)49-44(54)34(16-4-2)28-43(53)51-27-15-20-36(51)29-52/h3-4,6-12,17-18,21-24,34-36,41-42,52H,1-2,5,13-16,19-20,25-32H2,(H,48,56)(H,49,54)(H,50,57)/t34-,35-,36-,42-/m0/s1. The van der Waals surface area contributed by atoms with E-state index in [4.69, 9.17) is 14.2 Å². The number of unbranched alkanes of at least 4 members (excludes halogenated alkanes) is 1. The Labute approximate surface area is 352 Å². The molecule has 0 spiro atoms. The molecule has 60 heavy (non-hydrogen) atoms. The van der Waals surface area contributed by atoms with Crippen molar-refractivity contribution < 1.29 is 43.3 Å². The summed E-state index contributed by atoms with van der Waals surface area (Å²) in [5.74, 6) is -2.20. The van der Waals surface area contributed by atoms with Crippen molar-refractivity contribution in [1.82, 2.24) is 20.9 Å². The van der Waals surface area contributed by atoms with E-state index in [1.54, 1.807) is 17.1 Å². The summed E-state index contributed by atoms with van der Waals surface area (Å²) in [6, 6.07) is 23.4. The van der Waals surface area contributed by atoms with Crippen molar-refractivity contribution in [3.8, 4) is 11.1 Å². The molecule has 1 fully saturated rings. The molecule has 3 aromatic rings. The van der Waals surface area contributed by atoms with E-state index in [1.807, 2.05) is 78.9 Å². The molecular weight excluding hydrogens is 765 g/mol. The summed E-state index contributed by atoms with van der Waals surface area (Å²) in [6.45, 7) is 8.25. The average molecular weight is 823 g/mol. The van der Waals surface area contributed by atoms with Crippen LogP contribution in [-0.2, 0) is 35.2 Å². The summed E-state index contributed by atoms with van der Waals surface area (Å²) in [6.07, 6.45) is 5.66. The molecule has 1 saturated heterocycles. The van der Waals surface area contributed by atoms with Crippen LogP contribution in [0.15, 0.2) is 104 Å². The second kappa shape index (κ2) is 23.6. The van der Waals surface area contributed by atoms with Crippen LogP contribution in [0.25, 0.3) is 11.1 Å². The van der Waals surface area contributed by atoms with Crippen LogP contribution in [0.3, 0.4) is 0 Å². The number of hydrogen-bond acceptors (Lipinski definition) is 9. The molecule has 2 aliphatic rings. The molecule has 0 saturated carbocycles. The van der Waals surface area contributed by atoms with Gasteiger partial charge in [0.05, 0.1) is 24.6 Å². The van der Waals surface area contributed by atoms with Gasteiger partial charge in [-0.25, -0.2) is 14.4 Å². The number of nitrogens with one attached hydrogen (secondary N) is 3. The van der Waals surface area contributed by atoms with E-state index in [1.165, 1.54) is 0 Å². The van der Waals surface area contributed by atoms with Gasteiger partial charge in [-0.2, -0.15) is 0 Å². The number of alkyl carbamates (subject to hydrolysis) is 2. The van der Waals surface area contributed by atoms with E-state index < -0.39 is 42.1 Å². The third kappa shape index (κ3) is 13.0. The maximum absolute atomic E-state index is 13.7. The Bertz CT molecular complexity index is 1880. The maximum atomic E-state index is 13.7. The van der Waals surface area contributed by atoms with Crippen molar-refractivity contribution in [2.24, 2.45) is 5.92 Å². The van der Waals surface area contributed by atoms with Crippen LogP contribution in [0.2, 0.25) is 0 Å². The lowest BCUT2D eigenvalue weighted by Gasteiger charge is -2.26. The number of hydrogen-bond donors (Lipinski definition) is 4. The van der Waals surface area contributed by atoms with Gasteiger partial charge in [0.1, 0.15) is 25.9 Å². The van der Waals surface area contributed by atoms with Gasteiger partial charge in [0.2, 0.25) is 11.8 Å². The number of aliphatic hydroxyl groups is 1. The zero-order valence-corrected chi connectivity index (χ0v) is 34.2. The molecular formula is C47H58N4O9. The van der Waals surface area contributed by atoms with Crippen LogP contribution in [-0.4, -0.2) is 91.0 Å². The largest absolute Gasteiger partial charge is 0.462 e. The van der Waals surface area contributed by atoms with Crippen molar-refractivity contribution in [2.75, 3.05) is 32.9 Å². The number of aliphatic hydroxyl groups excluding tert-OH is 1. The average Bonchev–Trinajstić information content (AvgIpc) is 3.88. The van der Waals surface area contributed by atoms with Crippen molar-refractivity contribution >= 4 is 30.0 Å². The zero-order chi connectivity index (χ0) is 42.7. The highest BCUT2D eigenvalue weighted by molar-refractivity contribution is 5.86. The number of allylic oxidation sites excluding steroid dienone is 2. The number of rotatable bonds is 23. The normalized spacial score (nSPS) is 15.7. The molecule has 13 heteroatoms. The van der Waals surface area contributed by atoms with Crippen LogP contribution in [0.4, 0.5) is 9.59 Å². The highest BCUT2D eigenvalue weighted by Crippen LogP contribution is 2.44. The number of nitrogens with zero attached hydrogens (tertiary/aromatic N) is 1. The fraction of sp³-hybridized carbons (Fsp3) is 0.426. The second-order valence-corrected chi connectivity index (χ2v) is 15.2. The highest BCUT2D eigenvalue weighted by atomic mass is 16.6. The first-order valence-electron chi connectivity index (χ1n) is 20.9. The molecule has 0 bridgehead atoms. The van der Waals surface area contributed by atoms with E-state index in [0.29, 0.717) is 45.2 Å². The number of ether oxygens (including phenoxy) is 3. The molecule has 3 aromatic carbocycles. The molecule has 320 valence electrons. The summed E-state index contributed by atoms with van der Waals surface area (Å²) in [5.41, 5.74) is 5.18. The van der Waals surface area contributed by atoms with E-state index in [0.717, 1.165) is 34.2 Å². The summed E-state index contributed by atoms with van der Waals surface area (Å²) in [7, 11) is 0. The number of fused-ring (bicyclic) bond motifs is 3. The molecule has 13 nitrogen and oxygen atoms in total. The zero-order valence-electron chi connectivity index (χ0n) is 34.2. The van der Waals surface area contributed by atoms with E-state index >= 15 is 0 Å². The fourth-order valence-electron chi connectivity index (χ4n) is 7.76. The van der Waals surface area contributed by atoms with Crippen LogP contribution < -0.4 is 16.0 Å². The number of benzene rings is 3. The SMILES string of the molecule is C=CCC[C@H](NC(=O)OCC1c2ccccc2-c2ccccc21)C(=O)OC[C@H](CCCCNC(=O)OCc1ccccc1)NC(=O)[C@@H](CC=C)CC(=O)N1CCC[C@H]1CO. The van der Waals surface area contributed by atoms with Crippen LogP contribution in [0.5, 0.6) is 0 Å². The topological polar surface area (TPSA) is 173 Å². The summed E-state index contributed by atoms with van der Waals surface area (Å²) < 4.78 is 16.8. The molecule has 1 aliphatic heterocycles. The van der Waals surface area contributed by atoms with E-state index in [-0.39, 0.29) is 63.6 Å². The predicted octanol–water partition coefficient (Wildman–Crippen LogP) is 6.55. The quantitative estimate of drug-likeness (QED) is 0.0358. The molecule has 0 unspecified atom stereocenters. The number of carbonyl (C=O) groups excluding carboxylic acids is 5. The Balaban J connectivity index is 1.18. The third-order valence-electron chi connectivity index (χ3n) is 11.0. The molecule has 4 atom stereocenters. The minimum Gasteiger partial charge on any atom is -0.462 e. The molecule has 4 amide bonds. The van der Waals surface area contributed by atoms with Gasteiger partial charge in [-0.15, -0.1) is 13.2 Å². The maximum Gasteiger partial charge on any atom is 0.407 e. The van der Waals surface area contributed by atoms with Crippen LogP contribution in [0, 0.1) is 5.92 Å². The smallest absolute Gasteiger partial charge is 0.407 e. The van der Waals surface area contributed by atoms with Crippen molar-refractivity contribution in [1.29, 1.82) is 0 Å². The number of likely N-dealkylation sites (tertiary alicyclic amines) is 1. The molecule has 4 N–H and O–H groups in total. The molecule has 1 aliphatic carbocycles. The molecule has 0 aromatic heterocycles. The minimum absolute atomic E-state index is 0.0659. The van der Waals surface area contributed by atoms with Crippen LogP contribution >= 0.6 is 0 Å². The molecule has 5 rings (SSSR count). The lowest BCUT2D eigenvalue weighted by Crippen LogP contribution is -2.46. The molecule has 0 radical (unpaired) electrons.